The molecule has 1 aliphatic heterocycles. The van der Waals surface area contributed by atoms with Gasteiger partial charge in [-0.05, 0) is 68.8 Å². The number of allylic oxidation sites excluding steroid dienone is 1. The molecule has 5 rings (SSSR count). The lowest BCUT2D eigenvalue weighted by Gasteiger charge is -2.25. The van der Waals surface area contributed by atoms with Crippen LogP contribution >= 0.6 is 34.5 Å². The normalized spacial score (nSPS) is 15.2. The molecule has 3 heterocycles. The van der Waals surface area contributed by atoms with E-state index in [9.17, 15) is 19.5 Å². The topological polar surface area (TPSA) is 111 Å². The van der Waals surface area contributed by atoms with Crippen LogP contribution in [0, 0.1) is 0 Å². The Kier molecular flexibility index (Phi) is 7.55. The second-order valence-electron chi connectivity index (χ2n) is 9.29. The Bertz CT molecular complexity index is 1870. The smallest absolute Gasteiger partial charge is 0.338 e. The summed E-state index contributed by atoms with van der Waals surface area (Å²) in [7, 11) is 0. The van der Waals surface area contributed by atoms with Gasteiger partial charge in [0.1, 0.15) is 11.5 Å². The number of rotatable bonds is 6. The van der Waals surface area contributed by atoms with Gasteiger partial charge in [0.05, 0.1) is 38.5 Å². The molecule has 4 aromatic rings. The standard InChI is InChI=1S/C29H22Cl2N2O6S/c1-14(2)38-28(37)24-15(3)32-29-33(25(24)16-4-7-18(30)8-5-16)26(34)23(40-29)13-19-9-11-22(39-19)20-12-17(27(35)36)6-10-21(20)31/h4-14,25H,1-3H3,(H,35,36)/b23-13-/t25-/m1/s1. The SMILES string of the molecule is CC1=C(C(=O)OC(C)C)[C@@H](c2ccc(Cl)cc2)n2c(s/c(=C\c3ccc(-c4cc(C(=O)O)ccc4Cl)o3)c2=O)=N1. The van der Waals surface area contributed by atoms with E-state index < -0.39 is 18.0 Å². The van der Waals surface area contributed by atoms with Crippen LogP contribution in [0.4, 0.5) is 0 Å². The van der Waals surface area contributed by atoms with Crippen molar-refractivity contribution < 1.29 is 23.8 Å². The number of aromatic carboxylic acids is 1. The van der Waals surface area contributed by atoms with Crippen LogP contribution in [0.2, 0.25) is 10.0 Å². The highest BCUT2D eigenvalue weighted by atomic mass is 35.5. The Balaban J connectivity index is 1.62. The van der Waals surface area contributed by atoms with Crippen molar-refractivity contribution in [3.63, 3.8) is 0 Å². The molecular weight excluding hydrogens is 575 g/mol. The van der Waals surface area contributed by atoms with Gasteiger partial charge in [-0.25, -0.2) is 14.6 Å². The molecule has 204 valence electrons. The van der Waals surface area contributed by atoms with Crippen LogP contribution in [0.3, 0.4) is 0 Å². The molecule has 0 radical (unpaired) electrons. The number of nitrogens with zero attached hydrogens (tertiary/aromatic N) is 2. The second-order valence-corrected chi connectivity index (χ2v) is 11.1. The lowest BCUT2D eigenvalue weighted by atomic mass is 9.96. The van der Waals surface area contributed by atoms with Gasteiger partial charge in [-0.3, -0.25) is 9.36 Å². The number of carbonyl (C=O) groups excluding carboxylic acids is 1. The third-order valence-corrected chi connectivity index (χ3v) is 7.71. The number of ether oxygens (including phenoxy) is 1. The zero-order valence-corrected chi connectivity index (χ0v) is 23.8. The van der Waals surface area contributed by atoms with E-state index in [2.05, 4.69) is 4.99 Å². The van der Waals surface area contributed by atoms with Gasteiger partial charge in [0.15, 0.2) is 4.80 Å². The number of carboxylic acid groups (broad SMARTS) is 1. The molecule has 0 amide bonds. The highest BCUT2D eigenvalue weighted by Gasteiger charge is 2.33. The van der Waals surface area contributed by atoms with Gasteiger partial charge in [0.25, 0.3) is 5.56 Å². The molecule has 2 aromatic heterocycles. The van der Waals surface area contributed by atoms with Crippen molar-refractivity contribution >= 4 is 52.6 Å². The average molecular weight is 597 g/mol. The molecule has 1 aliphatic rings. The van der Waals surface area contributed by atoms with Crippen LogP contribution in [-0.4, -0.2) is 27.7 Å². The zero-order valence-electron chi connectivity index (χ0n) is 21.5. The molecule has 0 saturated carbocycles. The van der Waals surface area contributed by atoms with Crippen LogP contribution in [0.1, 0.15) is 48.5 Å². The van der Waals surface area contributed by atoms with E-state index in [4.69, 9.17) is 32.4 Å². The van der Waals surface area contributed by atoms with Gasteiger partial charge in [-0.15, -0.1) is 0 Å². The Labute approximate surface area is 242 Å². The van der Waals surface area contributed by atoms with E-state index in [-0.39, 0.29) is 22.8 Å². The minimum atomic E-state index is -1.09. The molecule has 0 spiro atoms. The molecule has 1 atom stereocenters. The van der Waals surface area contributed by atoms with Gasteiger partial charge in [-0.1, -0.05) is 46.7 Å². The summed E-state index contributed by atoms with van der Waals surface area (Å²) in [5.41, 5.74) is 1.50. The van der Waals surface area contributed by atoms with Crippen molar-refractivity contribution in [2.75, 3.05) is 0 Å². The molecule has 11 heteroatoms. The lowest BCUT2D eigenvalue weighted by molar-refractivity contribution is -0.143. The number of hydrogen-bond donors (Lipinski definition) is 1. The van der Waals surface area contributed by atoms with Crippen molar-refractivity contribution in [3.05, 3.63) is 112 Å². The van der Waals surface area contributed by atoms with Crippen molar-refractivity contribution in [2.24, 2.45) is 4.99 Å². The fourth-order valence-electron chi connectivity index (χ4n) is 4.37. The molecule has 0 fully saturated rings. The van der Waals surface area contributed by atoms with Gasteiger partial charge in [0.2, 0.25) is 0 Å². The lowest BCUT2D eigenvalue weighted by Crippen LogP contribution is -2.40. The Morgan fingerprint density at radius 2 is 1.85 bits per heavy atom. The van der Waals surface area contributed by atoms with Gasteiger partial charge in [0, 0.05) is 16.7 Å². The molecule has 0 saturated heterocycles. The highest BCUT2D eigenvalue weighted by Crippen LogP contribution is 2.32. The van der Waals surface area contributed by atoms with Crippen LogP contribution in [-0.2, 0) is 9.53 Å². The van der Waals surface area contributed by atoms with E-state index in [0.29, 0.717) is 47.7 Å². The molecule has 40 heavy (non-hydrogen) atoms. The molecule has 8 nitrogen and oxygen atoms in total. The number of furan rings is 1. The average Bonchev–Trinajstić information content (AvgIpc) is 3.47. The van der Waals surface area contributed by atoms with Crippen LogP contribution in [0.5, 0.6) is 0 Å². The van der Waals surface area contributed by atoms with E-state index >= 15 is 0 Å². The van der Waals surface area contributed by atoms with Crippen molar-refractivity contribution in [3.8, 4) is 11.3 Å². The summed E-state index contributed by atoms with van der Waals surface area (Å²) in [4.78, 5) is 43.3. The fourth-order valence-corrected chi connectivity index (χ4v) is 5.74. The number of fused-ring (bicyclic) bond motifs is 1. The molecule has 0 bridgehead atoms. The minimum Gasteiger partial charge on any atom is -0.478 e. The first kappa shape index (κ1) is 27.6. The maximum Gasteiger partial charge on any atom is 0.338 e. The van der Waals surface area contributed by atoms with Crippen molar-refractivity contribution in [1.29, 1.82) is 0 Å². The fraction of sp³-hybridized carbons (Fsp3) is 0.172. The van der Waals surface area contributed by atoms with Crippen LogP contribution in [0.15, 0.2) is 80.1 Å². The monoisotopic (exact) mass is 596 g/mol. The van der Waals surface area contributed by atoms with E-state index in [1.165, 1.54) is 22.8 Å². The predicted octanol–water partition coefficient (Wildman–Crippen LogP) is 5.45. The third-order valence-electron chi connectivity index (χ3n) is 6.15. The van der Waals surface area contributed by atoms with Crippen molar-refractivity contribution in [2.45, 2.75) is 32.9 Å². The number of aromatic nitrogens is 1. The summed E-state index contributed by atoms with van der Waals surface area (Å²) >= 11 is 13.6. The molecule has 0 aliphatic carbocycles. The summed E-state index contributed by atoms with van der Waals surface area (Å²) in [6.45, 7) is 5.22. The number of thiazole rings is 1. The number of esters is 1. The summed E-state index contributed by atoms with van der Waals surface area (Å²) in [5, 5.41) is 10.2. The molecule has 1 N–H and O–H groups in total. The molecule has 2 aromatic carbocycles. The predicted molar refractivity (Wildman–Crippen MR) is 153 cm³/mol. The zero-order chi connectivity index (χ0) is 28.7. The maximum absolute atomic E-state index is 13.8. The third kappa shape index (κ3) is 5.28. The van der Waals surface area contributed by atoms with Gasteiger partial charge < -0.3 is 14.3 Å². The van der Waals surface area contributed by atoms with E-state index in [1.54, 1.807) is 63.2 Å². The number of halogens is 2. The van der Waals surface area contributed by atoms with Gasteiger partial charge >= 0.3 is 11.9 Å². The quantitative estimate of drug-likeness (QED) is 0.296. The Morgan fingerprint density at radius 1 is 1.12 bits per heavy atom. The largest absolute Gasteiger partial charge is 0.478 e. The summed E-state index contributed by atoms with van der Waals surface area (Å²) in [6.07, 6.45) is 1.22. The summed E-state index contributed by atoms with van der Waals surface area (Å²) in [5.74, 6) is -0.939. The van der Waals surface area contributed by atoms with Crippen LogP contribution in [0.25, 0.3) is 17.4 Å². The Morgan fingerprint density at radius 3 is 2.52 bits per heavy atom. The number of carbonyl (C=O) groups is 2. The first-order valence-electron chi connectivity index (χ1n) is 12.2. The van der Waals surface area contributed by atoms with E-state index in [0.717, 1.165) is 11.3 Å². The highest BCUT2D eigenvalue weighted by molar-refractivity contribution is 7.07. The second kappa shape index (κ2) is 10.9. The van der Waals surface area contributed by atoms with Crippen molar-refractivity contribution in [1.82, 2.24) is 4.57 Å². The Hall–Kier alpha value is -3.92. The molecular formula is C29H22Cl2N2O6S. The number of benzene rings is 2. The van der Waals surface area contributed by atoms with Crippen LogP contribution < -0.4 is 14.9 Å². The number of carboxylic acids is 1. The minimum absolute atomic E-state index is 0.0648. The first-order valence-corrected chi connectivity index (χ1v) is 13.7. The first-order chi connectivity index (χ1) is 19.0. The maximum atomic E-state index is 13.8. The van der Waals surface area contributed by atoms with E-state index in [1.807, 2.05) is 0 Å². The van der Waals surface area contributed by atoms with Gasteiger partial charge in [-0.2, -0.15) is 0 Å². The number of hydrogen-bond acceptors (Lipinski definition) is 7. The summed E-state index contributed by atoms with van der Waals surface area (Å²) in [6, 6.07) is 13.8. The molecule has 0 unspecified atom stereocenters. The summed E-state index contributed by atoms with van der Waals surface area (Å²) < 4.78 is 13.2.